The first-order valence-electron chi connectivity index (χ1n) is 5.31. The summed E-state index contributed by atoms with van der Waals surface area (Å²) in [5, 5.41) is 0. The van der Waals surface area contributed by atoms with E-state index in [2.05, 4.69) is 4.98 Å². The summed E-state index contributed by atoms with van der Waals surface area (Å²) >= 11 is 0. The molecular weight excluding hydrogens is 314 g/mol. The quantitative estimate of drug-likeness (QED) is 0.810. The minimum Gasteiger partial charge on any atom is -0.481 e. The molecule has 0 radical (unpaired) electrons. The summed E-state index contributed by atoms with van der Waals surface area (Å²) in [5.74, 6) is -2.42. The fourth-order valence-corrected chi connectivity index (χ4v) is 2.51. The van der Waals surface area contributed by atoms with E-state index in [1.807, 2.05) is 0 Å². The molecule has 5 nitrogen and oxygen atoms in total. The Morgan fingerprint density at radius 3 is 2.65 bits per heavy atom. The molecule has 0 fully saturated rings. The highest BCUT2D eigenvalue weighted by atomic mass is 35.7. The number of hydrogen-bond acceptors (Lipinski definition) is 4. The van der Waals surface area contributed by atoms with Crippen molar-refractivity contribution in [3.05, 3.63) is 42.0 Å². The number of rotatable bonds is 4. The molecule has 9 heteroatoms. The maximum absolute atomic E-state index is 13.7. The topological polar surface area (TPSA) is 61.2 Å². The van der Waals surface area contributed by atoms with Gasteiger partial charge in [0.05, 0.1) is 0 Å². The van der Waals surface area contributed by atoms with Gasteiger partial charge in [-0.3, -0.25) is 0 Å². The van der Waals surface area contributed by atoms with E-state index >= 15 is 0 Å². The number of nitrogens with zero attached hydrogens (tertiary/aromatic N) is 2. The number of ether oxygens (including phenoxy) is 1. The molecule has 2 aromatic rings. The Labute approximate surface area is 118 Å². The summed E-state index contributed by atoms with van der Waals surface area (Å²) in [6, 6.07) is 1.11. The minimum absolute atomic E-state index is 0.189. The molecule has 1 aromatic heterocycles. The van der Waals surface area contributed by atoms with Crippen LogP contribution in [0.2, 0.25) is 0 Å². The smallest absolute Gasteiger partial charge is 0.265 e. The third-order valence-electron chi connectivity index (χ3n) is 2.50. The predicted molar refractivity (Wildman–Crippen MR) is 66.9 cm³/mol. The van der Waals surface area contributed by atoms with E-state index in [-0.39, 0.29) is 6.61 Å². The lowest BCUT2D eigenvalue weighted by Gasteiger charge is -2.10. The van der Waals surface area contributed by atoms with Gasteiger partial charge in [-0.15, -0.1) is 0 Å². The van der Waals surface area contributed by atoms with Gasteiger partial charge in [0.2, 0.25) is 0 Å². The van der Waals surface area contributed by atoms with Crippen LogP contribution in [0.15, 0.2) is 29.4 Å². The Bertz CT molecular complexity index is 746. The second kappa shape index (κ2) is 5.37. The summed E-state index contributed by atoms with van der Waals surface area (Å²) in [4.78, 5) is 3.17. The van der Waals surface area contributed by atoms with E-state index in [4.69, 9.17) is 15.4 Å². The Kier molecular flexibility index (Phi) is 3.96. The van der Waals surface area contributed by atoms with Crippen LogP contribution in [0.5, 0.6) is 5.75 Å². The lowest BCUT2D eigenvalue weighted by Crippen LogP contribution is -2.07. The van der Waals surface area contributed by atoms with Crippen LogP contribution in [0.4, 0.5) is 8.78 Å². The van der Waals surface area contributed by atoms with Crippen molar-refractivity contribution in [2.45, 2.75) is 11.5 Å². The predicted octanol–water partition coefficient (Wildman–Crippen LogP) is 2.20. The largest absolute Gasteiger partial charge is 0.481 e. The first-order valence-corrected chi connectivity index (χ1v) is 7.62. The molecule has 1 aromatic carbocycles. The lowest BCUT2D eigenvalue weighted by molar-refractivity contribution is 0.268. The van der Waals surface area contributed by atoms with Crippen molar-refractivity contribution in [2.75, 3.05) is 0 Å². The fourth-order valence-electron chi connectivity index (χ4n) is 1.53. The van der Waals surface area contributed by atoms with Gasteiger partial charge < -0.3 is 9.30 Å². The Morgan fingerprint density at radius 1 is 1.40 bits per heavy atom. The third kappa shape index (κ3) is 3.07. The molecule has 0 saturated carbocycles. The Hall–Kier alpha value is -1.67. The fraction of sp³-hybridized carbons (Fsp3) is 0.182. The van der Waals surface area contributed by atoms with Crippen molar-refractivity contribution in [1.82, 2.24) is 9.55 Å². The number of aryl methyl sites for hydroxylation is 1. The summed E-state index contributed by atoms with van der Waals surface area (Å²) in [7, 11) is 2.48. The van der Waals surface area contributed by atoms with Crippen LogP contribution in [0.25, 0.3) is 0 Å². The first-order chi connectivity index (χ1) is 9.29. The molecule has 0 aliphatic rings. The van der Waals surface area contributed by atoms with Crippen LogP contribution < -0.4 is 4.74 Å². The monoisotopic (exact) mass is 322 g/mol. The van der Waals surface area contributed by atoms with Gasteiger partial charge in [0.25, 0.3) is 9.05 Å². The van der Waals surface area contributed by atoms with Crippen LogP contribution in [-0.4, -0.2) is 18.0 Å². The van der Waals surface area contributed by atoms with Gasteiger partial charge in [-0.05, 0) is 6.07 Å². The molecule has 0 saturated heterocycles. The van der Waals surface area contributed by atoms with Gasteiger partial charge in [-0.25, -0.2) is 22.2 Å². The molecule has 0 unspecified atom stereocenters. The number of halogens is 3. The zero-order chi connectivity index (χ0) is 14.9. The van der Waals surface area contributed by atoms with Crippen molar-refractivity contribution >= 4 is 19.7 Å². The number of aromatic nitrogens is 2. The second-order valence-corrected chi connectivity index (χ2v) is 6.43. The molecule has 0 amide bonds. The van der Waals surface area contributed by atoms with Gasteiger partial charge in [-0.2, -0.15) is 0 Å². The van der Waals surface area contributed by atoms with Gasteiger partial charge in [0, 0.05) is 36.2 Å². The third-order valence-corrected chi connectivity index (χ3v) is 3.83. The average molecular weight is 323 g/mol. The van der Waals surface area contributed by atoms with E-state index in [9.17, 15) is 17.2 Å². The molecular formula is C11H9ClF2N2O3S. The molecule has 2 rings (SSSR count). The van der Waals surface area contributed by atoms with Crippen LogP contribution >= 0.6 is 10.7 Å². The van der Waals surface area contributed by atoms with Crippen LogP contribution in [0, 0.1) is 11.6 Å². The van der Waals surface area contributed by atoms with Crippen LogP contribution in [-0.2, 0) is 22.7 Å². The zero-order valence-electron chi connectivity index (χ0n) is 10.2. The molecule has 0 N–H and O–H groups in total. The standard InChI is InChI=1S/C11H9ClF2N2O3S/c1-16-3-2-15-10(16)6-19-11-8(14)4-7(13)5-9(11)20(12,17)18/h2-5H,6H2,1H3. The van der Waals surface area contributed by atoms with E-state index in [1.54, 1.807) is 17.8 Å². The summed E-state index contributed by atoms with van der Waals surface area (Å²) in [6.07, 6.45) is 3.14. The van der Waals surface area contributed by atoms with E-state index < -0.39 is 31.3 Å². The molecule has 20 heavy (non-hydrogen) atoms. The second-order valence-electron chi connectivity index (χ2n) is 3.90. The van der Waals surface area contributed by atoms with E-state index in [0.29, 0.717) is 18.0 Å². The van der Waals surface area contributed by atoms with Gasteiger partial charge in [-0.1, -0.05) is 0 Å². The molecule has 0 aliphatic heterocycles. The van der Waals surface area contributed by atoms with E-state index in [1.165, 1.54) is 6.20 Å². The van der Waals surface area contributed by atoms with Crippen molar-refractivity contribution in [3.8, 4) is 5.75 Å². The van der Waals surface area contributed by atoms with Crippen molar-refractivity contribution < 1.29 is 21.9 Å². The van der Waals surface area contributed by atoms with Crippen molar-refractivity contribution in [3.63, 3.8) is 0 Å². The number of hydrogen-bond donors (Lipinski definition) is 0. The highest BCUT2D eigenvalue weighted by molar-refractivity contribution is 8.13. The summed E-state index contributed by atoms with van der Waals surface area (Å²) < 4.78 is 56.1. The molecule has 0 atom stereocenters. The van der Waals surface area contributed by atoms with Gasteiger partial charge in [0.15, 0.2) is 11.6 Å². The normalized spacial score (nSPS) is 11.6. The number of benzene rings is 1. The summed E-state index contributed by atoms with van der Waals surface area (Å²) in [6.45, 7) is -0.189. The maximum atomic E-state index is 13.7. The number of imidazole rings is 1. The van der Waals surface area contributed by atoms with Gasteiger partial charge in [0.1, 0.15) is 23.1 Å². The molecule has 1 heterocycles. The maximum Gasteiger partial charge on any atom is 0.265 e. The lowest BCUT2D eigenvalue weighted by atomic mass is 10.3. The minimum atomic E-state index is -4.34. The molecule has 0 bridgehead atoms. The Morgan fingerprint density at radius 2 is 2.10 bits per heavy atom. The first kappa shape index (κ1) is 14.7. The summed E-state index contributed by atoms with van der Waals surface area (Å²) in [5.41, 5.74) is 0. The highest BCUT2D eigenvalue weighted by Gasteiger charge is 2.23. The highest BCUT2D eigenvalue weighted by Crippen LogP contribution is 2.31. The Balaban J connectivity index is 2.38. The molecule has 0 spiro atoms. The van der Waals surface area contributed by atoms with E-state index in [0.717, 1.165) is 0 Å². The SMILES string of the molecule is Cn1ccnc1COc1c(F)cc(F)cc1S(=O)(=O)Cl. The van der Waals surface area contributed by atoms with Crippen LogP contribution in [0.3, 0.4) is 0 Å². The zero-order valence-corrected chi connectivity index (χ0v) is 11.8. The van der Waals surface area contributed by atoms with Crippen LogP contribution in [0.1, 0.15) is 5.82 Å². The van der Waals surface area contributed by atoms with Crippen molar-refractivity contribution in [1.29, 1.82) is 0 Å². The average Bonchev–Trinajstić information content (AvgIpc) is 2.72. The van der Waals surface area contributed by atoms with Crippen molar-refractivity contribution in [2.24, 2.45) is 7.05 Å². The molecule has 108 valence electrons. The van der Waals surface area contributed by atoms with Gasteiger partial charge >= 0.3 is 0 Å². The molecule has 0 aliphatic carbocycles.